The van der Waals surface area contributed by atoms with Crippen LogP contribution in [0.25, 0.3) is 0 Å². The third-order valence-corrected chi connectivity index (χ3v) is 3.05. The predicted octanol–water partition coefficient (Wildman–Crippen LogP) is 2.60. The first-order chi connectivity index (χ1) is 8.06. The fourth-order valence-electron chi connectivity index (χ4n) is 1.31. The molecular formula is C11H11N3O2S. The number of hydrogen-bond donors (Lipinski definition) is 2. The molecule has 2 aromatic heterocycles. The zero-order chi connectivity index (χ0) is 12.4. The minimum atomic E-state index is -1.01. The topological polar surface area (TPSA) is 75.1 Å². The Balaban J connectivity index is 2.22. The summed E-state index contributed by atoms with van der Waals surface area (Å²) in [6.45, 7) is 3.64. The van der Waals surface area contributed by atoms with Crippen molar-refractivity contribution in [2.75, 3.05) is 5.32 Å². The molecule has 0 aromatic carbocycles. The number of rotatable bonds is 3. The van der Waals surface area contributed by atoms with Crippen LogP contribution in [0.4, 0.5) is 10.8 Å². The van der Waals surface area contributed by atoms with Crippen molar-refractivity contribution in [3.63, 3.8) is 0 Å². The van der Waals surface area contributed by atoms with Crippen molar-refractivity contribution in [2.45, 2.75) is 13.8 Å². The summed E-state index contributed by atoms with van der Waals surface area (Å²) < 4.78 is 0. The monoisotopic (exact) mass is 249 g/mol. The van der Waals surface area contributed by atoms with Gasteiger partial charge in [-0.15, -0.1) is 11.3 Å². The first-order valence-electron chi connectivity index (χ1n) is 4.96. The maximum Gasteiger partial charge on any atom is 0.355 e. The van der Waals surface area contributed by atoms with Crippen LogP contribution in [0.1, 0.15) is 21.1 Å². The molecule has 0 amide bonds. The van der Waals surface area contributed by atoms with E-state index in [0.29, 0.717) is 10.0 Å². The molecule has 2 aromatic rings. The number of carboxylic acid groups (broad SMARTS) is 1. The maximum atomic E-state index is 10.8. The number of nitrogens with zero attached hydrogens (tertiary/aromatic N) is 2. The SMILES string of the molecule is Cc1ccc(Nc2nc(C(=O)O)c(C)s2)cn1. The molecule has 0 radical (unpaired) electrons. The van der Waals surface area contributed by atoms with Gasteiger partial charge in [-0.2, -0.15) is 0 Å². The lowest BCUT2D eigenvalue weighted by molar-refractivity contribution is 0.0690. The van der Waals surface area contributed by atoms with E-state index in [4.69, 9.17) is 5.11 Å². The van der Waals surface area contributed by atoms with Gasteiger partial charge in [-0.3, -0.25) is 4.98 Å². The number of aryl methyl sites for hydroxylation is 2. The molecular weight excluding hydrogens is 238 g/mol. The Morgan fingerprint density at radius 1 is 1.41 bits per heavy atom. The quantitative estimate of drug-likeness (QED) is 0.874. The third kappa shape index (κ3) is 2.59. The molecule has 0 atom stereocenters. The number of nitrogens with one attached hydrogen (secondary N) is 1. The van der Waals surface area contributed by atoms with E-state index in [-0.39, 0.29) is 5.69 Å². The van der Waals surface area contributed by atoms with Crippen LogP contribution >= 0.6 is 11.3 Å². The Bertz CT molecular complexity index is 548. The van der Waals surface area contributed by atoms with Gasteiger partial charge in [-0.25, -0.2) is 9.78 Å². The van der Waals surface area contributed by atoms with E-state index in [1.807, 2.05) is 19.1 Å². The van der Waals surface area contributed by atoms with Gasteiger partial charge >= 0.3 is 5.97 Å². The highest BCUT2D eigenvalue weighted by Gasteiger charge is 2.13. The molecule has 88 valence electrons. The summed E-state index contributed by atoms with van der Waals surface area (Å²) >= 11 is 1.31. The van der Waals surface area contributed by atoms with Gasteiger partial charge in [0.1, 0.15) is 0 Å². The Morgan fingerprint density at radius 2 is 2.18 bits per heavy atom. The summed E-state index contributed by atoms with van der Waals surface area (Å²) in [7, 11) is 0. The summed E-state index contributed by atoms with van der Waals surface area (Å²) in [5, 5.41) is 12.5. The summed E-state index contributed by atoms with van der Waals surface area (Å²) in [5.74, 6) is -1.01. The average molecular weight is 249 g/mol. The molecule has 0 spiro atoms. The molecule has 6 heteroatoms. The fraction of sp³-hybridized carbons (Fsp3) is 0.182. The van der Waals surface area contributed by atoms with Crippen LogP contribution in [-0.2, 0) is 0 Å². The van der Waals surface area contributed by atoms with Gasteiger partial charge < -0.3 is 10.4 Å². The van der Waals surface area contributed by atoms with E-state index in [1.165, 1.54) is 11.3 Å². The van der Waals surface area contributed by atoms with E-state index in [0.717, 1.165) is 11.4 Å². The lowest BCUT2D eigenvalue weighted by atomic mass is 10.3. The highest BCUT2D eigenvalue weighted by molar-refractivity contribution is 7.15. The van der Waals surface area contributed by atoms with Gasteiger partial charge in [-0.1, -0.05) is 0 Å². The highest BCUT2D eigenvalue weighted by atomic mass is 32.1. The smallest absolute Gasteiger partial charge is 0.355 e. The van der Waals surface area contributed by atoms with Crippen LogP contribution < -0.4 is 5.32 Å². The lowest BCUT2D eigenvalue weighted by Crippen LogP contribution is -1.99. The minimum Gasteiger partial charge on any atom is -0.476 e. The van der Waals surface area contributed by atoms with Crippen LogP contribution in [0, 0.1) is 13.8 Å². The van der Waals surface area contributed by atoms with Gasteiger partial charge in [0.05, 0.1) is 11.9 Å². The summed E-state index contributed by atoms with van der Waals surface area (Å²) in [5.41, 5.74) is 1.82. The number of carboxylic acids is 1. The van der Waals surface area contributed by atoms with E-state index < -0.39 is 5.97 Å². The highest BCUT2D eigenvalue weighted by Crippen LogP contribution is 2.25. The Hall–Kier alpha value is -1.95. The summed E-state index contributed by atoms with van der Waals surface area (Å²) in [6, 6.07) is 3.75. The van der Waals surface area contributed by atoms with Gasteiger partial charge in [-0.05, 0) is 26.0 Å². The van der Waals surface area contributed by atoms with Crippen LogP contribution in [0.15, 0.2) is 18.3 Å². The normalized spacial score (nSPS) is 10.2. The number of thiazole rings is 1. The standard InChI is InChI=1S/C11H11N3O2S/c1-6-3-4-8(5-12-6)13-11-14-9(10(15)16)7(2)17-11/h3-5H,1-2H3,(H,13,14)(H,15,16). The molecule has 17 heavy (non-hydrogen) atoms. The molecule has 5 nitrogen and oxygen atoms in total. The van der Waals surface area contributed by atoms with E-state index in [2.05, 4.69) is 15.3 Å². The number of carbonyl (C=O) groups is 1. The number of pyridine rings is 1. The van der Waals surface area contributed by atoms with E-state index in [1.54, 1.807) is 13.1 Å². The van der Waals surface area contributed by atoms with Gasteiger partial charge in [0.15, 0.2) is 10.8 Å². The van der Waals surface area contributed by atoms with Crippen LogP contribution in [0.3, 0.4) is 0 Å². The van der Waals surface area contributed by atoms with Crippen LogP contribution in [0.2, 0.25) is 0 Å². The Labute approximate surface area is 102 Å². The molecule has 0 unspecified atom stereocenters. The second-order valence-electron chi connectivity index (χ2n) is 3.54. The molecule has 0 fully saturated rings. The maximum absolute atomic E-state index is 10.8. The van der Waals surface area contributed by atoms with Crippen LogP contribution in [-0.4, -0.2) is 21.0 Å². The molecule has 2 N–H and O–H groups in total. The Morgan fingerprint density at radius 3 is 2.71 bits per heavy atom. The van der Waals surface area contributed by atoms with Gasteiger partial charge in [0.25, 0.3) is 0 Å². The molecule has 0 bridgehead atoms. The summed E-state index contributed by atoms with van der Waals surface area (Å²) in [6.07, 6.45) is 1.69. The van der Waals surface area contributed by atoms with Crippen molar-refractivity contribution in [1.82, 2.24) is 9.97 Å². The number of aromatic nitrogens is 2. The number of hydrogen-bond acceptors (Lipinski definition) is 5. The molecule has 2 heterocycles. The number of anilines is 2. The molecule has 0 saturated heterocycles. The zero-order valence-corrected chi connectivity index (χ0v) is 10.2. The lowest BCUT2D eigenvalue weighted by Gasteiger charge is -2.01. The molecule has 0 saturated carbocycles. The van der Waals surface area contributed by atoms with Crippen molar-refractivity contribution >= 4 is 28.1 Å². The predicted molar refractivity (Wildman–Crippen MR) is 66.1 cm³/mol. The third-order valence-electron chi connectivity index (χ3n) is 2.16. The average Bonchev–Trinajstić information content (AvgIpc) is 2.63. The zero-order valence-electron chi connectivity index (χ0n) is 9.39. The van der Waals surface area contributed by atoms with Crippen LogP contribution in [0.5, 0.6) is 0 Å². The minimum absolute atomic E-state index is 0.0950. The van der Waals surface area contributed by atoms with Crippen molar-refractivity contribution in [2.24, 2.45) is 0 Å². The fourth-order valence-corrected chi connectivity index (χ4v) is 2.14. The largest absolute Gasteiger partial charge is 0.476 e. The molecule has 0 aliphatic heterocycles. The van der Waals surface area contributed by atoms with E-state index in [9.17, 15) is 4.79 Å². The second-order valence-corrected chi connectivity index (χ2v) is 4.75. The van der Waals surface area contributed by atoms with Crippen molar-refractivity contribution in [3.8, 4) is 0 Å². The molecule has 2 rings (SSSR count). The number of aromatic carboxylic acids is 1. The molecule has 0 aliphatic rings. The van der Waals surface area contributed by atoms with Crippen molar-refractivity contribution in [3.05, 3.63) is 34.6 Å². The molecule has 0 aliphatic carbocycles. The van der Waals surface area contributed by atoms with E-state index >= 15 is 0 Å². The summed E-state index contributed by atoms with van der Waals surface area (Å²) in [4.78, 5) is 19.7. The first kappa shape index (κ1) is 11.5. The second kappa shape index (κ2) is 4.50. The Kier molecular flexibility index (Phi) is 3.06. The first-order valence-corrected chi connectivity index (χ1v) is 5.78. The van der Waals surface area contributed by atoms with Crippen molar-refractivity contribution < 1.29 is 9.90 Å². The van der Waals surface area contributed by atoms with Gasteiger partial charge in [0, 0.05) is 10.6 Å². The van der Waals surface area contributed by atoms with Crippen molar-refractivity contribution in [1.29, 1.82) is 0 Å². The van der Waals surface area contributed by atoms with Gasteiger partial charge in [0.2, 0.25) is 0 Å².